The maximum absolute atomic E-state index is 13.1. The third-order valence-electron chi connectivity index (χ3n) is 6.79. The summed E-state index contributed by atoms with van der Waals surface area (Å²) in [5, 5.41) is 5.81. The number of furan rings is 1. The van der Waals surface area contributed by atoms with Gasteiger partial charge in [0.05, 0.1) is 26.5 Å². The van der Waals surface area contributed by atoms with Gasteiger partial charge in [-0.25, -0.2) is 0 Å². The van der Waals surface area contributed by atoms with E-state index in [0.29, 0.717) is 12.3 Å². The predicted molar refractivity (Wildman–Crippen MR) is 146 cm³/mol. The van der Waals surface area contributed by atoms with Crippen molar-refractivity contribution in [3.05, 3.63) is 76.8 Å². The second-order valence-corrected chi connectivity index (χ2v) is 9.95. The molecule has 1 aliphatic rings. The number of rotatable bonds is 9. The molecule has 0 atom stereocenters. The minimum Gasteiger partial charge on any atom is -0.479 e. The van der Waals surface area contributed by atoms with Crippen LogP contribution in [0.1, 0.15) is 53.2 Å². The monoisotopic (exact) mass is 529 g/mol. The van der Waals surface area contributed by atoms with E-state index in [2.05, 4.69) is 51.6 Å². The molecule has 0 saturated carbocycles. The number of carbonyl (C=O) groups excluding carboxylic acids is 1. The van der Waals surface area contributed by atoms with Crippen LogP contribution in [0, 0.1) is 6.92 Å². The molecule has 0 spiro atoms. The summed E-state index contributed by atoms with van der Waals surface area (Å²) in [6.45, 7) is 6.88. The molecule has 4 aromatic rings. The van der Waals surface area contributed by atoms with Crippen molar-refractivity contribution in [2.24, 2.45) is 0 Å². The minimum absolute atomic E-state index is 0.0469. The number of anilines is 2. The molecule has 0 saturated heterocycles. The first-order valence-corrected chi connectivity index (χ1v) is 12.6. The molecule has 3 heterocycles. The Balaban J connectivity index is 1.31. The molecule has 1 amide bonds. The van der Waals surface area contributed by atoms with Crippen LogP contribution in [-0.4, -0.2) is 35.1 Å². The molecule has 0 radical (unpaired) electrons. The van der Waals surface area contributed by atoms with E-state index < -0.39 is 5.91 Å². The van der Waals surface area contributed by atoms with Crippen molar-refractivity contribution >= 4 is 17.5 Å². The lowest BCUT2D eigenvalue weighted by atomic mass is 9.86. The smallest absolute Gasteiger partial charge is 0.291 e. The summed E-state index contributed by atoms with van der Waals surface area (Å²) in [6.07, 6.45) is 3.87. The highest BCUT2D eigenvalue weighted by atomic mass is 16.6. The second kappa shape index (κ2) is 10.6. The van der Waals surface area contributed by atoms with E-state index in [1.165, 1.54) is 25.3 Å². The first kappa shape index (κ1) is 26.0. The minimum atomic E-state index is -0.536. The summed E-state index contributed by atoms with van der Waals surface area (Å²) in [4.78, 5) is 26.0. The number of carbonyl (C=O) groups is 1. The van der Waals surface area contributed by atoms with Gasteiger partial charge in [0, 0.05) is 12.3 Å². The summed E-state index contributed by atoms with van der Waals surface area (Å²) < 4.78 is 22.6. The number of nitrogens with one attached hydrogen (secondary N) is 2. The van der Waals surface area contributed by atoms with Gasteiger partial charge in [-0.1, -0.05) is 26.0 Å². The van der Waals surface area contributed by atoms with E-state index in [4.69, 9.17) is 18.6 Å². The van der Waals surface area contributed by atoms with Crippen molar-refractivity contribution in [1.82, 2.24) is 15.0 Å². The van der Waals surface area contributed by atoms with Crippen LogP contribution >= 0.6 is 0 Å². The molecule has 0 bridgehead atoms. The Morgan fingerprint density at radius 2 is 1.85 bits per heavy atom. The molecular formula is C29H31N5O5. The number of fused-ring (bicyclic) bond motifs is 1. The van der Waals surface area contributed by atoms with Crippen LogP contribution in [0.3, 0.4) is 0 Å². The Morgan fingerprint density at radius 3 is 2.54 bits per heavy atom. The van der Waals surface area contributed by atoms with Gasteiger partial charge < -0.3 is 29.3 Å². The van der Waals surface area contributed by atoms with Crippen LogP contribution < -0.4 is 24.8 Å². The molecule has 1 aromatic carbocycles. The van der Waals surface area contributed by atoms with Crippen molar-refractivity contribution in [1.29, 1.82) is 0 Å². The lowest BCUT2D eigenvalue weighted by Crippen LogP contribution is -2.15. The van der Waals surface area contributed by atoms with Crippen molar-refractivity contribution in [3.63, 3.8) is 0 Å². The number of hydrogen-bond acceptors (Lipinski definition) is 9. The van der Waals surface area contributed by atoms with E-state index in [0.717, 1.165) is 24.1 Å². The Kier molecular flexibility index (Phi) is 7.10. The fourth-order valence-electron chi connectivity index (χ4n) is 4.63. The van der Waals surface area contributed by atoms with Crippen LogP contribution in [0.4, 0.5) is 11.6 Å². The quantitative estimate of drug-likeness (QED) is 0.282. The highest BCUT2D eigenvalue weighted by molar-refractivity contribution is 6.03. The summed E-state index contributed by atoms with van der Waals surface area (Å²) >= 11 is 0. The van der Waals surface area contributed by atoms with Gasteiger partial charge in [0.25, 0.3) is 11.9 Å². The Hall–Kier alpha value is -4.60. The highest BCUT2D eigenvalue weighted by Gasteiger charge is 2.31. The largest absolute Gasteiger partial charge is 0.479 e. The molecule has 0 unspecified atom stereocenters. The van der Waals surface area contributed by atoms with Crippen molar-refractivity contribution in [2.45, 2.75) is 45.6 Å². The Bertz CT molecular complexity index is 1470. The molecule has 1 aliphatic carbocycles. The van der Waals surface area contributed by atoms with E-state index in [9.17, 15) is 4.79 Å². The molecule has 202 valence electrons. The molecule has 10 nitrogen and oxygen atoms in total. The molecule has 2 N–H and O–H groups in total. The van der Waals surface area contributed by atoms with Gasteiger partial charge in [0.15, 0.2) is 11.4 Å². The van der Waals surface area contributed by atoms with Crippen molar-refractivity contribution in [2.75, 3.05) is 24.9 Å². The number of hydrogen-bond donors (Lipinski definition) is 2. The number of pyridine rings is 1. The molecular weight excluding hydrogens is 498 g/mol. The van der Waals surface area contributed by atoms with E-state index in [1.807, 2.05) is 25.1 Å². The van der Waals surface area contributed by atoms with Gasteiger partial charge in [-0.15, -0.1) is 0 Å². The summed E-state index contributed by atoms with van der Waals surface area (Å²) in [5.41, 5.74) is 4.73. The molecule has 3 aromatic heterocycles. The van der Waals surface area contributed by atoms with Gasteiger partial charge in [-0.3, -0.25) is 9.78 Å². The maximum atomic E-state index is 13.1. The van der Waals surface area contributed by atoms with Gasteiger partial charge >= 0.3 is 0 Å². The van der Waals surface area contributed by atoms with Gasteiger partial charge in [0.2, 0.25) is 17.7 Å². The topological polar surface area (TPSA) is 121 Å². The fraction of sp³-hybridized carbons (Fsp3) is 0.310. The summed E-state index contributed by atoms with van der Waals surface area (Å²) in [5.74, 6) is 0.931. The number of methoxy groups -OCH3 is 2. The zero-order chi connectivity index (χ0) is 27.6. The molecule has 10 heteroatoms. The fourth-order valence-corrected chi connectivity index (χ4v) is 4.63. The van der Waals surface area contributed by atoms with Gasteiger partial charge in [-0.05, 0) is 66.1 Å². The first-order valence-electron chi connectivity index (χ1n) is 12.6. The normalized spacial score (nSPS) is 13.5. The van der Waals surface area contributed by atoms with Crippen molar-refractivity contribution < 1.29 is 23.4 Å². The Labute approximate surface area is 226 Å². The first-order chi connectivity index (χ1) is 18.8. The third kappa shape index (κ3) is 5.50. The zero-order valence-electron chi connectivity index (χ0n) is 22.6. The lowest BCUT2D eigenvalue weighted by Gasteiger charge is -2.20. The SMILES string of the molecule is COc1nc(NCc2ccccn2)nc(OC)c1NC(=O)c1ccc(Oc2cc3c(cc2C)CCC3(C)C)o1. The van der Waals surface area contributed by atoms with Crippen LogP contribution in [0.5, 0.6) is 23.5 Å². The number of aromatic nitrogens is 3. The van der Waals surface area contributed by atoms with Crippen LogP contribution in [0.15, 0.2) is 53.1 Å². The molecule has 39 heavy (non-hydrogen) atoms. The summed E-state index contributed by atoms with van der Waals surface area (Å²) in [7, 11) is 2.89. The second-order valence-electron chi connectivity index (χ2n) is 9.95. The Morgan fingerprint density at radius 1 is 1.08 bits per heavy atom. The number of ether oxygens (including phenoxy) is 3. The number of benzene rings is 1. The average Bonchev–Trinajstić information content (AvgIpc) is 3.52. The number of aryl methyl sites for hydroxylation is 2. The predicted octanol–water partition coefficient (Wildman–Crippen LogP) is 5.67. The third-order valence-corrected chi connectivity index (χ3v) is 6.79. The van der Waals surface area contributed by atoms with E-state index >= 15 is 0 Å². The van der Waals surface area contributed by atoms with Crippen LogP contribution in [0.25, 0.3) is 0 Å². The number of amides is 1. The zero-order valence-corrected chi connectivity index (χ0v) is 22.6. The van der Waals surface area contributed by atoms with Crippen LogP contribution in [-0.2, 0) is 18.4 Å². The molecule has 5 rings (SSSR count). The lowest BCUT2D eigenvalue weighted by molar-refractivity contribution is 0.0990. The summed E-state index contributed by atoms with van der Waals surface area (Å²) in [6, 6.07) is 13.0. The molecule has 0 fully saturated rings. The molecule has 0 aliphatic heterocycles. The number of nitrogens with zero attached hydrogens (tertiary/aromatic N) is 3. The van der Waals surface area contributed by atoms with Crippen molar-refractivity contribution in [3.8, 4) is 23.5 Å². The van der Waals surface area contributed by atoms with Crippen LogP contribution in [0.2, 0.25) is 0 Å². The van der Waals surface area contributed by atoms with E-state index in [-0.39, 0.29) is 40.5 Å². The average molecular weight is 530 g/mol. The maximum Gasteiger partial charge on any atom is 0.291 e. The highest BCUT2D eigenvalue weighted by Crippen LogP contribution is 2.42. The standard InChI is InChI=1S/C29H31N5O5/c1-17-14-18-11-12-29(2,3)20(18)15-22(17)39-23-10-9-21(38-23)25(35)32-24-26(36-4)33-28(34-27(24)37-5)31-16-19-8-6-7-13-30-19/h6-10,13-15H,11-12,16H2,1-5H3,(H,32,35)(H,31,33,34). The van der Waals surface area contributed by atoms with Gasteiger partial charge in [-0.2, -0.15) is 9.97 Å². The van der Waals surface area contributed by atoms with E-state index in [1.54, 1.807) is 18.3 Å². The van der Waals surface area contributed by atoms with Gasteiger partial charge in [0.1, 0.15) is 5.75 Å².